The molecule has 3 aromatic carbocycles. The zero-order valence-electron chi connectivity index (χ0n) is 39.5. The molecule has 0 saturated carbocycles. The number of hydrogen-bond donors (Lipinski definition) is 12. The lowest BCUT2D eigenvalue weighted by atomic mass is 10.00. The molecule has 1 aliphatic heterocycles. The van der Waals surface area contributed by atoms with Crippen LogP contribution in [0.2, 0.25) is 0 Å². The molecule has 1 fully saturated rings. The van der Waals surface area contributed by atoms with Gasteiger partial charge in [-0.2, -0.15) is 12.6 Å². The number of hydrogen-bond acceptors (Lipinski definition) is 11. The number of aromatic amines is 2. The van der Waals surface area contributed by atoms with Crippen LogP contribution < -0.4 is 37.6 Å². The molecule has 2 aromatic heterocycles. The van der Waals surface area contributed by atoms with Gasteiger partial charge in [0, 0.05) is 65.8 Å². The topological polar surface area (TPSA) is 310 Å². The number of carbonyl (C=O) groups excluding carboxylic acids is 7. The summed E-state index contributed by atoms with van der Waals surface area (Å²) in [6.45, 7) is 2.57. The SMILES string of the molecule is CC(C)C[C@H](NC(=O)[C@@H](N)CO)C(=O)N[C@@H](Cc1ccccc1)C(=O)N[C@@H](Cc1c[nH]c2ccccc12)C(=O)NCC(=O)N[C@@H](CS)C(=O)N1CCC[C@H]1C(=O)N[C@@H](Cc1c[nH]c2ccccc12)C(=O)O. The monoisotopic (exact) mass is 994 g/mol. The fourth-order valence-electron chi connectivity index (χ4n) is 8.61. The largest absolute Gasteiger partial charge is 0.480 e. The van der Waals surface area contributed by atoms with Gasteiger partial charge >= 0.3 is 5.97 Å². The van der Waals surface area contributed by atoms with E-state index >= 15 is 0 Å². The Morgan fingerprint density at radius 1 is 0.690 bits per heavy atom. The van der Waals surface area contributed by atoms with Crippen molar-refractivity contribution in [2.24, 2.45) is 11.7 Å². The van der Waals surface area contributed by atoms with Crippen LogP contribution in [0.3, 0.4) is 0 Å². The predicted molar refractivity (Wildman–Crippen MR) is 268 cm³/mol. The highest BCUT2D eigenvalue weighted by molar-refractivity contribution is 7.80. The van der Waals surface area contributed by atoms with Crippen LogP contribution in [0.4, 0.5) is 0 Å². The van der Waals surface area contributed by atoms with E-state index < -0.39 is 103 Å². The summed E-state index contributed by atoms with van der Waals surface area (Å²) >= 11 is 4.31. The summed E-state index contributed by atoms with van der Waals surface area (Å²) in [6.07, 6.45) is 4.20. The van der Waals surface area contributed by atoms with Crippen LogP contribution in [-0.4, -0.2) is 140 Å². The maximum Gasteiger partial charge on any atom is 0.326 e. The first-order chi connectivity index (χ1) is 34.1. The first-order valence-electron chi connectivity index (χ1n) is 23.5. The Hall–Kier alpha value is -7.23. The summed E-state index contributed by atoms with van der Waals surface area (Å²) in [7, 11) is 0. The number of benzene rings is 3. The number of fused-ring (bicyclic) bond motifs is 2. The van der Waals surface area contributed by atoms with Crippen molar-refractivity contribution in [1.29, 1.82) is 0 Å². The number of aliphatic hydroxyl groups excluding tert-OH is 1. The molecule has 0 unspecified atom stereocenters. The molecule has 3 heterocycles. The van der Waals surface area contributed by atoms with Crippen molar-refractivity contribution in [3.63, 3.8) is 0 Å². The van der Waals surface area contributed by atoms with Crippen LogP contribution in [0.15, 0.2) is 91.3 Å². The number of carboxylic acids is 1. The van der Waals surface area contributed by atoms with E-state index in [-0.39, 0.29) is 50.3 Å². The van der Waals surface area contributed by atoms with Gasteiger partial charge in [0.1, 0.15) is 42.3 Å². The van der Waals surface area contributed by atoms with Crippen molar-refractivity contribution in [2.75, 3.05) is 25.4 Å². The minimum Gasteiger partial charge on any atom is -0.480 e. The molecule has 0 bridgehead atoms. The Kier molecular flexibility index (Phi) is 18.7. The number of amides is 7. The molecule has 21 heteroatoms. The summed E-state index contributed by atoms with van der Waals surface area (Å²) in [4.78, 5) is 116. The zero-order valence-corrected chi connectivity index (χ0v) is 40.4. The molecular weight excluding hydrogens is 933 g/mol. The molecule has 0 aliphatic carbocycles. The van der Waals surface area contributed by atoms with Gasteiger partial charge in [0.2, 0.25) is 41.4 Å². The summed E-state index contributed by atoms with van der Waals surface area (Å²) in [5.74, 6) is -6.51. The Morgan fingerprint density at radius 2 is 1.24 bits per heavy atom. The van der Waals surface area contributed by atoms with E-state index in [2.05, 4.69) is 54.5 Å². The van der Waals surface area contributed by atoms with Crippen LogP contribution in [-0.2, 0) is 57.6 Å². The van der Waals surface area contributed by atoms with Crippen molar-refractivity contribution < 1.29 is 48.6 Å². The first-order valence-corrected chi connectivity index (χ1v) is 24.1. The summed E-state index contributed by atoms with van der Waals surface area (Å²) in [5.41, 5.74) is 9.34. The highest BCUT2D eigenvalue weighted by Crippen LogP contribution is 2.23. The van der Waals surface area contributed by atoms with Crippen molar-refractivity contribution >= 4 is 81.8 Å². The van der Waals surface area contributed by atoms with E-state index in [0.29, 0.717) is 23.1 Å². The molecule has 0 spiro atoms. The van der Waals surface area contributed by atoms with Crippen molar-refractivity contribution in [3.8, 4) is 0 Å². The second-order valence-electron chi connectivity index (χ2n) is 18.0. The molecule has 20 nitrogen and oxygen atoms in total. The number of nitrogens with zero attached hydrogens (tertiary/aromatic N) is 1. The van der Waals surface area contributed by atoms with Gasteiger partial charge < -0.3 is 62.7 Å². The van der Waals surface area contributed by atoms with Crippen LogP contribution in [0.5, 0.6) is 0 Å². The number of rotatable bonds is 24. The van der Waals surface area contributed by atoms with Gasteiger partial charge in [0.05, 0.1) is 13.2 Å². The highest BCUT2D eigenvalue weighted by atomic mass is 32.1. The zero-order chi connectivity index (χ0) is 51.2. The van der Waals surface area contributed by atoms with Crippen LogP contribution in [0.25, 0.3) is 21.8 Å². The third-order valence-electron chi connectivity index (χ3n) is 12.3. The molecule has 7 amide bonds. The minimum atomic E-state index is -1.31. The Bertz CT molecular complexity index is 2690. The number of H-pyrrole nitrogens is 2. The minimum absolute atomic E-state index is 0.00756. The lowest BCUT2D eigenvalue weighted by molar-refractivity contribution is -0.144. The average Bonchev–Trinajstić information content (AvgIpc) is 4.13. The van der Waals surface area contributed by atoms with Crippen LogP contribution >= 0.6 is 12.6 Å². The Labute approximate surface area is 415 Å². The van der Waals surface area contributed by atoms with Gasteiger partial charge in [-0.1, -0.05) is 80.6 Å². The second kappa shape index (κ2) is 25.1. The number of carboxylic acid groups (broad SMARTS) is 1. The third kappa shape index (κ3) is 14.2. The van der Waals surface area contributed by atoms with Gasteiger partial charge in [-0.15, -0.1) is 0 Å². The average molecular weight is 995 g/mol. The number of carbonyl (C=O) groups is 8. The molecule has 5 aromatic rings. The number of para-hydroxylation sites is 2. The van der Waals surface area contributed by atoms with E-state index in [0.717, 1.165) is 21.8 Å². The van der Waals surface area contributed by atoms with Gasteiger partial charge in [0.25, 0.3) is 0 Å². The molecule has 6 rings (SSSR count). The lowest BCUT2D eigenvalue weighted by Gasteiger charge is -2.29. The standard InChI is InChI=1S/C50H62N10O10S/c1-28(2)19-37(56-44(63)34(51)26-61)46(65)57-38(20-29-11-4-3-5-12-29)47(66)58-39(21-30-23-52-35-15-8-6-13-32(30)35)45(64)54-25-43(62)55-41(27-71)49(68)60-18-10-17-42(60)48(67)59-40(50(69)70)22-31-24-53-36-16-9-7-14-33(31)36/h3-9,11-16,23-24,28,34,37-42,52-53,61,71H,10,17-22,25-27,51H2,1-2H3,(H,54,64)(H,55,62)(H,56,63)(H,57,65)(H,58,66)(H,59,67)(H,69,70)/t34-,37-,38-,39-,40-,41-,42-/m0/s1. The molecular formula is C50H62N10O10S. The lowest BCUT2D eigenvalue weighted by Crippen LogP contribution is -2.59. The fourth-order valence-corrected chi connectivity index (χ4v) is 8.86. The summed E-state index contributed by atoms with van der Waals surface area (Å²) in [6, 6.07) is 15.0. The Balaban J connectivity index is 1.14. The van der Waals surface area contributed by atoms with E-state index in [4.69, 9.17) is 5.73 Å². The summed E-state index contributed by atoms with van der Waals surface area (Å²) in [5, 5.41) is 36.9. The first kappa shape index (κ1) is 53.1. The number of aromatic nitrogens is 2. The van der Waals surface area contributed by atoms with E-state index in [1.165, 1.54) is 4.90 Å². The Morgan fingerprint density at radius 3 is 1.82 bits per heavy atom. The number of thiol groups is 1. The van der Waals surface area contributed by atoms with Gasteiger partial charge in [-0.25, -0.2) is 4.79 Å². The van der Waals surface area contributed by atoms with Gasteiger partial charge in [0.15, 0.2) is 0 Å². The number of likely N-dealkylation sites (tertiary alicyclic amines) is 1. The molecule has 1 saturated heterocycles. The van der Waals surface area contributed by atoms with Crippen molar-refractivity contribution in [3.05, 3.63) is 108 Å². The molecule has 378 valence electrons. The highest BCUT2D eigenvalue weighted by Gasteiger charge is 2.39. The van der Waals surface area contributed by atoms with Crippen LogP contribution in [0, 0.1) is 5.92 Å². The van der Waals surface area contributed by atoms with Crippen LogP contribution in [0.1, 0.15) is 49.8 Å². The molecule has 7 atom stereocenters. The van der Waals surface area contributed by atoms with Crippen molar-refractivity contribution in [1.82, 2.24) is 46.8 Å². The van der Waals surface area contributed by atoms with E-state index in [1.807, 2.05) is 62.4 Å². The maximum absolute atomic E-state index is 14.4. The van der Waals surface area contributed by atoms with E-state index in [9.17, 15) is 48.6 Å². The molecule has 0 radical (unpaired) electrons. The number of nitrogens with one attached hydrogen (secondary N) is 8. The second-order valence-corrected chi connectivity index (χ2v) is 18.4. The molecule has 71 heavy (non-hydrogen) atoms. The number of nitrogens with two attached hydrogens (primary N) is 1. The van der Waals surface area contributed by atoms with Gasteiger partial charge in [-0.3, -0.25) is 33.6 Å². The molecule has 12 N–H and O–H groups in total. The number of aliphatic carboxylic acids is 1. The normalized spacial score (nSPS) is 16.0. The van der Waals surface area contributed by atoms with E-state index in [1.54, 1.807) is 42.7 Å². The summed E-state index contributed by atoms with van der Waals surface area (Å²) < 4.78 is 0. The van der Waals surface area contributed by atoms with Crippen molar-refractivity contribution in [2.45, 2.75) is 94.7 Å². The van der Waals surface area contributed by atoms with Gasteiger partial charge in [-0.05, 0) is 54.0 Å². The smallest absolute Gasteiger partial charge is 0.326 e. The number of aliphatic hydroxyl groups is 1. The quantitative estimate of drug-likeness (QED) is 0.0380. The predicted octanol–water partition coefficient (Wildman–Crippen LogP) is 0.588. The molecule has 1 aliphatic rings. The maximum atomic E-state index is 14.4. The fraction of sp³-hybridized carbons (Fsp3) is 0.400. The third-order valence-corrected chi connectivity index (χ3v) is 12.7.